The molecule has 1 aromatic carbocycles. The molecule has 0 radical (unpaired) electrons. The van der Waals surface area contributed by atoms with E-state index in [1.165, 1.54) is 0 Å². The molecule has 22 heavy (non-hydrogen) atoms. The summed E-state index contributed by atoms with van der Waals surface area (Å²) in [5.74, 6) is -3.35. The number of aliphatic hydroxyl groups is 1. The quantitative estimate of drug-likeness (QED) is 0.841. The Morgan fingerprint density at radius 3 is 3.45 bits per heavy atom. The normalized spacial score (nSPS) is 66.5. The van der Waals surface area contributed by atoms with Gasteiger partial charge < -0.3 is 19.5 Å². The van der Waals surface area contributed by atoms with Crippen LogP contribution in [0.5, 0.6) is 11.5 Å². The lowest BCUT2D eigenvalue weighted by Crippen LogP contribution is -2.64. The summed E-state index contributed by atoms with van der Waals surface area (Å²) in [6.07, 6.45) is -6.74. The number of likely N-dealkylation sites (N-methyl/N-ethyl adjacent to an activating group) is 1. The summed E-state index contributed by atoms with van der Waals surface area (Å²) in [4.78, 5) is 0.606. The zero-order chi connectivity index (χ0) is 26.3. The van der Waals surface area contributed by atoms with Crippen molar-refractivity contribution in [2.45, 2.75) is 36.4 Å². The van der Waals surface area contributed by atoms with Crippen LogP contribution in [0.4, 0.5) is 0 Å². The van der Waals surface area contributed by atoms with Crippen molar-refractivity contribution in [3.63, 3.8) is 0 Å². The standard InChI is InChI=1S/C18H21NO3/c1-19-8-7-18-11-4-5-13(20)17(18)22-16-14(21-2)6-3-10(15(16)18)9-12(11)19/h3-6,11-13,17,20H,7-9H2,1-2H3/t11-,12+,13?,17?,18-/m0/s1/i1D3,2D3,9D2,11D,12D,13D,17D,20D. The molecule has 1 N–H and O–H groups in total. The van der Waals surface area contributed by atoms with E-state index in [4.69, 9.17) is 23.2 Å². The summed E-state index contributed by atoms with van der Waals surface area (Å²) in [6.45, 7) is -3.47. The minimum absolute atomic E-state index is 0.152. The molecule has 2 heterocycles. The number of methoxy groups -OCH3 is 1. The van der Waals surface area contributed by atoms with E-state index >= 15 is 0 Å². The van der Waals surface area contributed by atoms with E-state index in [-0.39, 0.29) is 17.5 Å². The van der Waals surface area contributed by atoms with Crippen molar-refractivity contribution >= 4 is 0 Å². The van der Waals surface area contributed by atoms with E-state index in [1.54, 1.807) is 0 Å². The second-order valence-corrected chi connectivity index (χ2v) is 5.74. The third-order valence-corrected chi connectivity index (χ3v) is 4.82. The number of benzene rings is 1. The fourth-order valence-corrected chi connectivity index (χ4v) is 3.92. The Balaban J connectivity index is 1.95. The van der Waals surface area contributed by atoms with Crippen LogP contribution < -0.4 is 9.47 Å². The molecule has 4 aliphatic rings. The van der Waals surface area contributed by atoms with Gasteiger partial charge in [-0.1, -0.05) is 18.2 Å². The summed E-state index contributed by atoms with van der Waals surface area (Å²) >= 11 is 0. The van der Waals surface area contributed by atoms with E-state index < -0.39 is 67.9 Å². The number of likely N-dealkylation sites (tertiary alicyclic amines) is 1. The molecule has 2 aliphatic heterocycles. The Bertz CT molecular complexity index is 1150. The van der Waals surface area contributed by atoms with Gasteiger partial charge in [-0.25, -0.2) is 0 Å². The maximum Gasteiger partial charge on any atom is 0.211 e. The predicted molar refractivity (Wildman–Crippen MR) is 82.5 cm³/mol. The molecule has 0 saturated carbocycles. The minimum atomic E-state index is -2.99. The van der Waals surface area contributed by atoms with Gasteiger partial charge in [-0.05, 0) is 37.9 Å². The number of rotatable bonds is 2. The molecule has 2 unspecified atom stereocenters. The zero-order valence-corrected chi connectivity index (χ0v) is 11.4. The van der Waals surface area contributed by atoms with Gasteiger partial charge in [-0.2, -0.15) is 0 Å². The molecule has 1 aromatic rings. The van der Waals surface area contributed by atoms with Crippen LogP contribution in [0.25, 0.3) is 0 Å². The summed E-state index contributed by atoms with van der Waals surface area (Å²) in [5, 5.41) is 4.59. The van der Waals surface area contributed by atoms with Crippen LogP contribution in [0.2, 0.25) is 0 Å². The van der Waals surface area contributed by atoms with Crippen LogP contribution in [0.1, 0.15) is 34.0 Å². The Hall–Kier alpha value is -1.52. The number of piperidine rings is 1. The highest BCUT2D eigenvalue weighted by atomic mass is 16.5. The number of hydrogen-bond donors (Lipinski definition) is 1. The van der Waals surface area contributed by atoms with Gasteiger partial charge >= 0.3 is 0 Å². The number of ether oxygens (including phenoxy) is 2. The van der Waals surface area contributed by atoms with Gasteiger partial charge in [0.15, 0.2) is 11.5 Å². The molecule has 5 atom stereocenters. The molecule has 1 fully saturated rings. The Morgan fingerprint density at radius 1 is 1.59 bits per heavy atom. The smallest absolute Gasteiger partial charge is 0.211 e. The first-order valence-electron chi connectivity index (χ1n) is 13.4. The molecule has 0 aromatic heterocycles. The predicted octanol–water partition coefficient (Wildman–Crippen LogP) is 1.50. The SMILES string of the molecule is [2H]OC1([2H])C=C[C@]2([2H])[C@@]34CCN(C([2H])([2H])[2H])[C@]2([2H])C([2H])([2H])c2ccc(OC([2H])([2H])[2H])c(c23)OC14[2H]. The second kappa shape index (κ2) is 4.06. The topological polar surface area (TPSA) is 41.9 Å². The van der Waals surface area contributed by atoms with Crippen molar-refractivity contribution in [2.24, 2.45) is 5.89 Å². The van der Waals surface area contributed by atoms with Gasteiger partial charge in [0.2, 0.25) is 1.43 Å². The minimum Gasteiger partial charge on any atom is -0.493 e. The van der Waals surface area contributed by atoms with Crippen molar-refractivity contribution in [3.8, 4) is 11.5 Å². The first-order chi connectivity index (χ1) is 15.8. The van der Waals surface area contributed by atoms with Crippen LogP contribution in [-0.2, 0) is 11.8 Å². The number of nitrogens with zero attached hydrogens (tertiary/aromatic N) is 1. The lowest BCUT2D eigenvalue weighted by molar-refractivity contribution is -0.0453. The summed E-state index contributed by atoms with van der Waals surface area (Å²) in [6, 6.07) is -0.639. The summed E-state index contributed by atoms with van der Waals surface area (Å²) in [7, 11) is -2.97. The Labute approximate surface area is 148 Å². The fraction of sp³-hybridized carbons (Fsp3) is 0.556. The first-order valence-corrected chi connectivity index (χ1v) is 6.96. The van der Waals surface area contributed by atoms with Gasteiger partial charge in [0.1, 0.15) is 12.2 Å². The average molecular weight is 312 g/mol. The Kier molecular flexibility index (Phi) is 1.02. The third kappa shape index (κ3) is 1.28. The maximum atomic E-state index is 9.51. The maximum absolute atomic E-state index is 9.51. The van der Waals surface area contributed by atoms with E-state index in [2.05, 4.69) is 5.11 Å². The van der Waals surface area contributed by atoms with Crippen LogP contribution >= 0.6 is 0 Å². The van der Waals surface area contributed by atoms with Crippen molar-refractivity contribution in [1.82, 2.24) is 4.90 Å². The van der Waals surface area contributed by atoms with Gasteiger partial charge in [-0.3, -0.25) is 0 Å². The number of hydrogen-bond acceptors (Lipinski definition) is 4. The van der Waals surface area contributed by atoms with Gasteiger partial charge in [0.25, 0.3) is 0 Å². The van der Waals surface area contributed by atoms with Crippen molar-refractivity contribution in [3.05, 3.63) is 35.4 Å². The third-order valence-electron chi connectivity index (χ3n) is 4.82. The largest absolute Gasteiger partial charge is 0.493 e. The van der Waals surface area contributed by atoms with Crippen LogP contribution in [0, 0.1) is 5.89 Å². The molecule has 2 aliphatic carbocycles. The highest BCUT2D eigenvalue weighted by molar-refractivity contribution is 5.62. The zero-order valence-electron chi connectivity index (χ0n) is 24.4. The van der Waals surface area contributed by atoms with Crippen molar-refractivity contribution in [2.75, 3.05) is 20.6 Å². The van der Waals surface area contributed by atoms with Crippen LogP contribution in [0.3, 0.4) is 0 Å². The van der Waals surface area contributed by atoms with Crippen molar-refractivity contribution in [1.29, 1.82) is 1.43 Å². The van der Waals surface area contributed by atoms with Gasteiger partial charge in [-0.15, -0.1) is 0 Å². The van der Waals surface area contributed by atoms with Crippen LogP contribution in [0.15, 0.2) is 24.3 Å². The molecule has 4 heteroatoms. The summed E-state index contributed by atoms with van der Waals surface area (Å²) < 4.78 is 120. The van der Waals surface area contributed by atoms with E-state index in [9.17, 15) is 4.11 Å². The fourth-order valence-electron chi connectivity index (χ4n) is 3.92. The Morgan fingerprint density at radius 2 is 2.59 bits per heavy atom. The molecular formula is C18H21NO3. The highest BCUT2D eigenvalue weighted by Gasteiger charge is 2.64. The van der Waals surface area contributed by atoms with Gasteiger partial charge in [0.05, 0.1) is 13.9 Å². The molecule has 0 amide bonds. The van der Waals surface area contributed by atoms with Gasteiger partial charge in [0, 0.05) is 32.5 Å². The van der Waals surface area contributed by atoms with E-state index in [0.29, 0.717) is 4.90 Å². The molecule has 5 rings (SSSR count). The van der Waals surface area contributed by atoms with E-state index in [1.807, 2.05) is 0 Å². The average Bonchev–Trinajstić information content (AvgIpc) is 2.99. The lowest BCUT2D eigenvalue weighted by Gasteiger charge is -2.56. The van der Waals surface area contributed by atoms with E-state index in [0.717, 1.165) is 24.3 Å². The first kappa shape index (κ1) is 5.53. The monoisotopic (exact) mass is 312 g/mol. The molecule has 4 nitrogen and oxygen atoms in total. The summed E-state index contributed by atoms with van der Waals surface area (Å²) in [5.41, 5.74) is -2.53. The van der Waals surface area contributed by atoms with Crippen molar-refractivity contribution < 1.29 is 31.0 Å². The second-order valence-electron chi connectivity index (χ2n) is 5.74. The molecule has 2 bridgehead atoms. The van der Waals surface area contributed by atoms with Crippen LogP contribution in [-0.4, -0.2) is 50.2 Å². The molecule has 1 spiro atoms. The lowest BCUT2D eigenvalue weighted by atomic mass is 9.53. The molecular weight excluding hydrogens is 278 g/mol. The molecule has 1 saturated heterocycles. The molecule has 116 valence electrons. The highest BCUT2D eigenvalue weighted by Crippen LogP contribution is 2.62.